The van der Waals surface area contributed by atoms with Crippen LogP contribution in [0, 0.1) is 0 Å². The Morgan fingerprint density at radius 3 is 0.889 bits per heavy atom. The Morgan fingerprint density at radius 1 is 0.397 bits per heavy atom. The van der Waals surface area contributed by atoms with Gasteiger partial charge in [0.1, 0.15) is 0 Å². The molecule has 0 spiro atoms. The maximum atomic E-state index is 13.3. The number of rotatable bonds is 16. The summed E-state index contributed by atoms with van der Waals surface area (Å²) in [5.41, 5.74) is 17.4. The molecule has 0 aliphatic heterocycles. The van der Waals surface area contributed by atoms with Crippen molar-refractivity contribution >= 4 is 45.7 Å². The van der Waals surface area contributed by atoms with Crippen LogP contribution in [0.25, 0.3) is 0 Å². The number of carbonyl (C=O) groups excluding carboxylic acids is 1. The molecule has 0 aliphatic carbocycles. The van der Waals surface area contributed by atoms with Gasteiger partial charge >= 0.3 is 0 Å². The van der Waals surface area contributed by atoms with Crippen molar-refractivity contribution in [1.29, 1.82) is 0 Å². The molecule has 0 amide bonds. The topological polar surface area (TPSA) is 66.2 Å². The molecule has 4 rings (SSSR count). The molecule has 0 fully saturated rings. The molecule has 0 aliphatic rings. The number of hydrogen-bond acceptors (Lipinski definition) is 5. The summed E-state index contributed by atoms with van der Waals surface area (Å²) in [7, 11) is 0. The number of Topliss-reactive ketones (excluding diaryl/α,β-unsaturated/α-hetero) is 1. The first-order valence-electron chi connectivity index (χ1n) is 23.6. The molecule has 0 saturated carbocycles. The van der Waals surface area contributed by atoms with E-state index in [0.717, 1.165) is 28.5 Å². The van der Waals surface area contributed by atoms with E-state index in [1.165, 1.54) is 50.2 Å². The van der Waals surface area contributed by atoms with Crippen LogP contribution in [0.4, 0.5) is 22.7 Å². The largest absolute Gasteiger partial charge is 0.359 e. The third-order valence-corrected chi connectivity index (χ3v) is 11.7. The second kappa shape index (κ2) is 23.7. The first kappa shape index (κ1) is 52.4. The number of aliphatic imine (C=N–C) groups is 3. The average Bonchev–Trinajstić information content (AvgIpc) is 3.20. The predicted molar refractivity (Wildman–Crippen MR) is 279 cm³/mol. The minimum atomic E-state index is -0.105. The minimum absolute atomic E-state index is 0.105. The molecule has 5 heteroatoms. The second-order valence-corrected chi connectivity index (χ2v) is 19.8. The lowest BCUT2D eigenvalue weighted by Crippen LogP contribution is -2.19. The number of hydrogen-bond donors (Lipinski definition) is 1. The molecule has 63 heavy (non-hydrogen) atoms. The third-order valence-electron chi connectivity index (χ3n) is 11.7. The van der Waals surface area contributed by atoms with Crippen LogP contribution in [-0.2, 0) is 4.79 Å². The van der Waals surface area contributed by atoms with E-state index < -0.39 is 0 Å². The maximum Gasteiger partial charge on any atom is 0.220 e. The van der Waals surface area contributed by atoms with Gasteiger partial charge in [-0.05, 0) is 126 Å². The standard InChI is InChI=1S/C29H40N2O.C29H42N2/c1-17(2)23-13-11-14-24(18(3)4)27(23)30-21(9)29(32)22(10)31-28-25(19(5)6)15-12-16-26(28)20(7)8;1-18(2)24-13-11-14-25(19(3)4)28(24)30-22(9)17-23(10)31-29-26(20(5)6)15-12-16-27(29)21(7)8/h11-20H,1-10H3;11-21,30H,1-10H3/b;22-17-,31-23?. The Labute approximate surface area is 384 Å². The van der Waals surface area contributed by atoms with Gasteiger partial charge in [0.05, 0.1) is 28.5 Å². The summed E-state index contributed by atoms with van der Waals surface area (Å²) in [6.45, 7) is 43.2. The lowest BCUT2D eigenvalue weighted by Gasteiger charge is -2.21. The first-order chi connectivity index (χ1) is 29.5. The number of anilines is 1. The molecule has 0 radical (unpaired) electrons. The van der Waals surface area contributed by atoms with Gasteiger partial charge in [0, 0.05) is 17.1 Å². The van der Waals surface area contributed by atoms with Crippen LogP contribution in [0.5, 0.6) is 0 Å². The van der Waals surface area contributed by atoms with Gasteiger partial charge in [-0.15, -0.1) is 0 Å². The van der Waals surface area contributed by atoms with Crippen molar-refractivity contribution in [3.05, 3.63) is 129 Å². The van der Waals surface area contributed by atoms with Crippen LogP contribution in [0.2, 0.25) is 0 Å². The molecule has 0 bridgehead atoms. The van der Waals surface area contributed by atoms with E-state index in [2.05, 4.69) is 209 Å². The summed E-state index contributed by atoms with van der Waals surface area (Å²) in [6.07, 6.45) is 2.17. The summed E-state index contributed by atoms with van der Waals surface area (Å²) in [4.78, 5) is 28.1. The monoisotopic (exact) mass is 851 g/mol. The fourth-order valence-corrected chi connectivity index (χ4v) is 8.07. The summed E-state index contributed by atoms with van der Waals surface area (Å²) in [6, 6.07) is 25.9. The Hall–Kier alpha value is -4.90. The van der Waals surface area contributed by atoms with Crippen molar-refractivity contribution in [2.75, 3.05) is 5.32 Å². The van der Waals surface area contributed by atoms with Crippen molar-refractivity contribution in [3.8, 4) is 0 Å². The van der Waals surface area contributed by atoms with Gasteiger partial charge in [0.2, 0.25) is 5.78 Å². The molecule has 0 saturated heterocycles. The van der Waals surface area contributed by atoms with Crippen LogP contribution in [0.15, 0.2) is 99.5 Å². The second-order valence-electron chi connectivity index (χ2n) is 19.8. The lowest BCUT2D eigenvalue weighted by molar-refractivity contribution is -0.107. The van der Waals surface area contributed by atoms with Gasteiger partial charge in [0.25, 0.3) is 0 Å². The molecular weight excluding hydrogens is 769 g/mol. The van der Waals surface area contributed by atoms with E-state index >= 15 is 0 Å². The van der Waals surface area contributed by atoms with E-state index in [-0.39, 0.29) is 5.78 Å². The van der Waals surface area contributed by atoms with Gasteiger partial charge in [-0.1, -0.05) is 184 Å². The Morgan fingerprint density at radius 2 is 0.635 bits per heavy atom. The molecule has 5 nitrogen and oxygen atoms in total. The van der Waals surface area contributed by atoms with Gasteiger partial charge < -0.3 is 5.32 Å². The van der Waals surface area contributed by atoms with Crippen LogP contribution >= 0.6 is 0 Å². The lowest BCUT2D eigenvalue weighted by atomic mass is 9.92. The fourth-order valence-electron chi connectivity index (χ4n) is 8.07. The van der Waals surface area contributed by atoms with Crippen molar-refractivity contribution < 1.29 is 4.79 Å². The summed E-state index contributed by atoms with van der Waals surface area (Å²) < 4.78 is 0. The Balaban J connectivity index is 0.000000335. The van der Waals surface area contributed by atoms with Crippen molar-refractivity contribution in [2.45, 2.75) is 186 Å². The fraction of sp³-hybridized carbons (Fsp3) is 0.483. The number of allylic oxidation sites excluding steroid dienone is 2. The van der Waals surface area contributed by atoms with Gasteiger partial charge in [0.15, 0.2) is 0 Å². The van der Waals surface area contributed by atoms with Gasteiger partial charge in [-0.3, -0.25) is 9.79 Å². The zero-order valence-electron chi connectivity index (χ0n) is 42.9. The highest BCUT2D eigenvalue weighted by molar-refractivity contribution is 6.66. The third kappa shape index (κ3) is 14.0. The highest BCUT2D eigenvalue weighted by Gasteiger charge is 2.20. The molecule has 0 unspecified atom stereocenters. The molecule has 0 heterocycles. The first-order valence-corrected chi connectivity index (χ1v) is 23.6. The highest BCUT2D eigenvalue weighted by atomic mass is 16.1. The average molecular weight is 851 g/mol. The van der Waals surface area contributed by atoms with Crippen LogP contribution in [0.1, 0.15) is 230 Å². The number of nitrogens with zero attached hydrogens (tertiary/aromatic N) is 3. The molecule has 0 aromatic heterocycles. The minimum Gasteiger partial charge on any atom is -0.359 e. The molecular formula is C58H82N4O. The zero-order valence-corrected chi connectivity index (χ0v) is 42.9. The number of carbonyl (C=O) groups is 1. The zero-order chi connectivity index (χ0) is 47.5. The number of ketones is 1. The summed E-state index contributed by atoms with van der Waals surface area (Å²) in [5.74, 6) is 3.04. The van der Waals surface area contributed by atoms with E-state index in [4.69, 9.17) is 15.0 Å². The van der Waals surface area contributed by atoms with Gasteiger partial charge in [-0.2, -0.15) is 0 Å². The van der Waals surface area contributed by atoms with Crippen LogP contribution in [-0.4, -0.2) is 22.9 Å². The quantitative estimate of drug-likeness (QED) is 0.114. The molecule has 1 N–H and O–H groups in total. The molecule has 0 atom stereocenters. The van der Waals surface area contributed by atoms with Crippen molar-refractivity contribution in [3.63, 3.8) is 0 Å². The van der Waals surface area contributed by atoms with Crippen LogP contribution < -0.4 is 5.32 Å². The normalized spacial score (nSPS) is 13.1. The summed E-state index contributed by atoms with van der Waals surface area (Å²) >= 11 is 0. The summed E-state index contributed by atoms with van der Waals surface area (Å²) in [5, 5.41) is 3.71. The number of para-hydroxylation sites is 4. The predicted octanol–water partition coefficient (Wildman–Crippen LogP) is 17.9. The molecule has 4 aromatic carbocycles. The van der Waals surface area contributed by atoms with E-state index in [1.807, 2.05) is 0 Å². The smallest absolute Gasteiger partial charge is 0.220 e. The Bertz CT molecular complexity index is 2100. The SMILES string of the molecule is CC(/C=C(/C)Nc1c(C(C)C)cccc1C(C)C)=Nc1c(C(C)C)cccc1C(C)C.CC(=Nc1c(C(C)C)cccc1C(C)C)C(=O)C(C)=Nc1c(C(C)C)cccc1C(C)C. The van der Waals surface area contributed by atoms with Crippen molar-refractivity contribution in [2.24, 2.45) is 15.0 Å². The Kier molecular flexibility index (Phi) is 19.7. The molecule has 340 valence electrons. The van der Waals surface area contributed by atoms with E-state index in [1.54, 1.807) is 13.8 Å². The maximum absolute atomic E-state index is 13.3. The van der Waals surface area contributed by atoms with E-state index in [9.17, 15) is 4.79 Å². The van der Waals surface area contributed by atoms with Crippen molar-refractivity contribution in [1.82, 2.24) is 0 Å². The van der Waals surface area contributed by atoms with E-state index in [0.29, 0.717) is 58.8 Å². The number of benzene rings is 4. The highest BCUT2D eigenvalue weighted by Crippen LogP contribution is 2.38. The van der Waals surface area contributed by atoms with Crippen LogP contribution in [0.3, 0.4) is 0 Å². The van der Waals surface area contributed by atoms with Gasteiger partial charge in [-0.25, -0.2) is 9.98 Å². The molecule has 4 aromatic rings. The number of nitrogens with one attached hydrogen (secondary N) is 1.